The standard InChI is InChI=1S/C22H29F2N5O3/c1-5-19-27-28-20-11-17(25-12-29(19)20)18(30)10-14(26-21(31)32-22(2,3)4)8-13-6-7-15(23)16(24)9-13/h6-7,9,14,17,25H,5,8,10-12H2,1-4H3,(H,26,31)/t14-,17?/m1/s1. The number of carbonyl (C=O) groups excluding carboxylic acids is 2. The lowest BCUT2D eigenvalue weighted by Gasteiger charge is -2.27. The van der Waals surface area contributed by atoms with Gasteiger partial charge in [0.1, 0.15) is 17.2 Å². The van der Waals surface area contributed by atoms with Gasteiger partial charge in [0, 0.05) is 25.3 Å². The summed E-state index contributed by atoms with van der Waals surface area (Å²) in [6, 6.07) is 2.38. The molecular weight excluding hydrogens is 420 g/mol. The zero-order valence-corrected chi connectivity index (χ0v) is 18.7. The highest BCUT2D eigenvalue weighted by atomic mass is 19.2. The first-order valence-corrected chi connectivity index (χ1v) is 10.7. The predicted octanol–water partition coefficient (Wildman–Crippen LogP) is 2.69. The number of benzene rings is 1. The minimum absolute atomic E-state index is 0.00925. The molecule has 1 aromatic carbocycles. The van der Waals surface area contributed by atoms with Gasteiger partial charge in [-0.1, -0.05) is 13.0 Å². The van der Waals surface area contributed by atoms with E-state index >= 15 is 0 Å². The van der Waals surface area contributed by atoms with E-state index in [1.54, 1.807) is 20.8 Å². The van der Waals surface area contributed by atoms with Crippen LogP contribution >= 0.6 is 0 Å². The molecule has 1 amide bonds. The van der Waals surface area contributed by atoms with Crippen LogP contribution in [0.4, 0.5) is 13.6 Å². The fourth-order valence-electron chi connectivity index (χ4n) is 3.64. The number of rotatable bonds is 7. The number of ketones is 1. The van der Waals surface area contributed by atoms with E-state index in [4.69, 9.17) is 4.74 Å². The molecule has 2 aromatic rings. The summed E-state index contributed by atoms with van der Waals surface area (Å²) in [5, 5.41) is 14.2. The van der Waals surface area contributed by atoms with Gasteiger partial charge in [-0.3, -0.25) is 10.1 Å². The number of Topliss-reactive ketones (excluding diaryl/α,β-unsaturated/α-hetero) is 1. The highest BCUT2D eigenvalue weighted by Crippen LogP contribution is 2.16. The van der Waals surface area contributed by atoms with Gasteiger partial charge in [-0.05, 0) is 44.9 Å². The van der Waals surface area contributed by atoms with E-state index in [-0.39, 0.29) is 18.6 Å². The number of halogens is 2. The average molecular weight is 450 g/mol. The van der Waals surface area contributed by atoms with Crippen LogP contribution in [0.2, 0.25) is 0 Å². The first kappa shape index (κ1) is 23.8. The Balaban J connectivity index is 1.71. The van der Waals surface area contributed by atoms with Gasteiger partial charge in [0.05, 0.1) is 12.7 Å². The fourth-order valence-corrected chi connectivity index (χ4v) is 3.64. The maximum atomic E-state index is 13.7. The molecule has 2 N–H and O–H groups in total. The Kier molecular flexibility index (Phi) is 7.22. The van der Waals surface area contributed by atoms with Crippen LogP contribution < -0.4 is 10.6 Å². The minimum atomic E-state index is -0.982. The summed E-state index contributed by atoms with van der Waals surface area (Å²) >= 11 is 0. The lowest BCUT2D eigenvalue weighted by atomic mass is 9.96. The SMILES string of the molecule is CCc1nnc2n1CNC(C(=O)C[C@@H](Cc1ccc(F)c(F)c1)NC(=O)OC(C)(C)C)C2. The van der Waals surface area contributed by atoms with Gasteiger partial charge in [0.15, 0.2) is 17.4 Å². The first-order chi connectivity index (χ1) is 15.1. The molecule has 1 aliphatic heterocycles. The maximum absolute atomic E-state index is 13.7. The number of aryl methyl sites for hydroxylation is 1. The van der Waals surface area contributed by atoms with Gasteiger partial charge in [-0.2, -0.15) is 0 Å². The Morgan fingerprint density at radius 1 is 1.28 bits per heavy atom. The van der Waals surface area contributed by atoms with Crippen molar-refractivity contribution < 1.29 is 23.1 Å². The van der Waals surface area contributed by atoms with Gasteiger partial charge in [-0.15, -0.1) is 10.2 Å². The summed E-state index contributed by atoms with van der Waals surface area (Å²) in [5.41, 5.74) is -0.256. The van der Waals surface area contributed by atoms with E-state index < -0.39 is 35.4 Å². The van der Waals surface area contributed by atoms with Gasteiger partial charge >= 0.3 is 6.09 Å². The predicted molar refractivity (Wildman–Crippen MR) is 113 cm³/mol. The lowest BCUT2D eigenvalue weighted by Crippen LogP contribution is -2.48. The summed E-state index contributed by atoms with van der Waals surface area (Å²) < 4.78 is 34.2. The molecule has 8 nitrogen and oxygen atoms in total. The van der Waals surface area contributed by atoms with Crippen molar-refractivity contribution in [3.8, 4) is 0 Å². The molecule has 0 aliphatic carbocycles. The van der Waals surface area contributed by atoms with Crippen LogP contribution in [0, 0.1) is 11.6 Å². The van der Waals surface area contributed by atoms with E-state index in [2.05, 4.69) is 20.8 Å². The molecule has 0 bridgehead atoms. The Morgan fingerprint density at radius 2 is 2.03 bits per heavy atom. The van der Waals surface area contributed by atoms with Crippen molar-refractivity contribution in [2.45, 2.75) is 77.7 Å². The molecule has 2 atom stereocenters. The number of ether oxygens (including phenoxy) is 1. The van der Waals surface area contributed by atoms with Gasteiger partial charge in [-0.25, -0.2) is 13.6 Å². The molecule has 1 unspecified atom stereocenters. The zero-order chi connectivity index (χ0) is 23.5. The number of hydrogen-bond acceptors (Lipinski definition) is 6. The monoisotopic (exact) mass is 449 g/mol. The molecule has 0 saturated heterocycles. The van der Waals surface area contributed by atoms with Crippen LogP contribution in [0.3, 0.4) is 0 Å². The van der Waals surface area contributed by atoms with Crippen molar-refractivity contribution in [1.29, 1.82) is 0 Å². The van der Waals surface area contributed by atoms with E-state index in [0.717, 1.165) is 30.2 Å². The number of nitrogens with zero attached hydrogens (tertiary/aromatic N) is 3. The molecule has 0 saturated carbocycles. The molecule has 1 aromatic heterocycles. The number of alkyl carbamates (subject to hydrolysis) is 1. The number of nitrogens with one attached hydrogen (secondary N) is 2. The minimum Gasteiger partial charge on any atom is -0.444 e. The number of hydrogen-bond donors (Lipinski definition) is 2. The Morgan fingerprint density at radius 3 is 2.69 bits per heavy atom. The third kappa shape index (κ3) is 6.09. The molecule has 2 heterocycles. The number of fused-ring (bicyclic) bond motifs is 1. The normalized spacial score (nSPS) is 16.9. The van der Waals surface area contributed by atoms with Crippen molar-refractivity contribution >= 4 is 11.9 Å². The Bertz CT molecular complexity index is 986. The van der Waals surface area contributed by atoms with E-state index in [1.807, 2.05) is 11.5 Å². The first-order valence-electron chi connectivity index (χ1n) is 10.7. The molecular formula is C22H29F2N5O3. The number of carbonyl (C=O) groups is 2. The second-order valence-electron chi connectivity index (χ2n) is 8.90. The van der Waals surface area contributed by atoms with E-state index in [9.17, 15) is 18.4 Å². The molecule has 0 radical (unpaired) electrons. The van der Waals surface area contributed by atoms with Gasteiger partial charge in [0.2, 0.25) is 0 Å². The van der Waals surface area contributed by atoms with E-state index in [1.165, 1.54) is 6.07 Å². The molecule has 10 heteroatoms. The molecule has 174 valence electrons. The van der Waals surface area contributed by atoms with Crippen LogP contribution in [-0.2, 0) is 35.5 Å². The summed E-state index contributed by atoms with van der Waals surface area (Å²) in [4.78, 5) is 25.3. The Labute approximate surface area is 185 Å². The number of amides is 1. The second-order valence-corrected chi connectivity index (χ2v) is 8.90. The van der Waals surface area contributed by atoms with Crippen LogP contribution in [0.15, 0.2) is 18.2 Å². The second kappa shape index (κ2) is 9.72. The van der Waals surface area contributed by atoms with Crippen molar-refractivity contribution in [2.24, 2.45) is 0 Å². The fraction of sp³-hybridized carbons (Fsp3) is 0.545. The summed E-state index contributed by atoms with van der Waals surface area (Å²) in [5.74, 6) is -0.480. The number of aromatic nitrogens is 3. The van der Waals surface area contributed by atoms with Crippen molar-refractivity contribution in [3.05, 3.63) is 47.0 Å². The molecule has 32 heavy (non-hydrogen) atoms. The van der Waals surface area contributed by atoms with E-state index in [0.29, 0.717) is 18.7 Å². The lowest BCUT2D eigenvalue weighted by molar-refractivity contribution is -0.122. The smallest absolute Gasteiger partial charge is 0.407 e. The van der Waals surface area contributed by atoms with Crippen molar-refractivity contribution in [1.82, 2.24) is 25.4 Å². The maximum Gasteiger partial charge on any atom is 0.407 e. The van der Waals surface area contributed by atoms with Crippen LogP contribution in [0.5, 0.6) is 0 Å². The van der Waals surface area contributed by atoms with Crippen LogP contribution in [0.25, 0.3) is 0 Å². The highest BCUT2D eigenvalue weighted by molar-refractivity contribution is 5.85. The van der Waals surface area contributed by atoms with Gasteiger partial charge in [0.25, 0.3) is 0 Å². The largest absolute Gasteiger partial charge is 0.444 e. The quantitative estimate of drug-likeness (QED) is 0.675. The summed E-state index contributed by atoms with van der Waals surface area (Å²) in [7, 11) is 0. The van der Waals surface area contributed by atoms with Gasteiger partial charge < -0.3 is 14.6 Å². The van der Waals surface area contributed by atoms with Crippen molar-refractivity contribution in [2.75, 3.05) is 0 Å². The third-order valence-corrected chi connectivity index (χ3v) is 5.13. The highest BCUT2D eigenvalue weighted by Gasteiger charge is 2.30. The summed E-state index contributed by atoms with van der Waals surface area (Å²) in [6.07, 6.45) is 0.580. The molecule has 0 fully saturated rings. The molecule has 3 rings (SSSR count). The Hall–Kier alpha value is -2.88. The van der Waals surface area contributed by atoms with Crippen LogP contribution in [0.1, 0.15) is 51.3 Å². The summed E-state index contributed by atoms with van der Waals surface area (Å²) in [6.45, 7) is 7.60. The van der Waals surface area contributed by atoms with Crippen LogP contribution in [-0.4, -0.2) is 44.3 Å². The topological polar surface area (TPSA) is 98.1 Å². The third-order valence-electron chi connectivity index (χ3n) is 5.13. The average Bonchev–Trinajstić information content (AvgIpc) is 3.11. The van der Waals surface area contributed by atoms with Crippen molar-refractivity contribution in [3.63, 3.8) is 0 Å². The molecule has 0 spiro atoms. The molecule has 1 aliphatic rings. The zero-order valence-electron chi connectivity index (χ0n) is 18.7.